The lowest BCUT2D eigenvalue weighted by atomic mass is 10.3. The van der Waals surface area contributed by atoms with Gasteiger partial charge in [-0.2, -0.15) is 0 Å². The molecule has 0 bridgehead atoms. The highest BCUT2D eigenvalue weighted by molar-refractivity contribution is 5.85. The van der Waals surface area contributed by atoms with Crippen LogP contribution < -0.4 is 5.32 Å². The summed E-state index contributed by atoms with van der Waals surface area (Å²) < 4.78 is 9.49. The first kappa shape index (κ1) is 18.2. The number of amides is 2. The van der Waals surface area contributed by atoms with E-state index < -0.39 is 24.0 Å². The van der Waals surface area contributed by atoms with E-state index in [2.05, 4.69) is 5.32 Å². The fraction of sp³-hybridized carbons (Fsp3) is 0.750. The third kappa shape index (κ3) is 6.37. The number of rotatable bonds is 8. The van der Waals surface area contributed by atoms with Crippen molar-refractivity contribution in [3.05, 3.63) is 0 Å². The molecule has 8 nitrogen and oxygen atoms in total. The highest BCUT2D eigenvalue weighted by Gasteiger charge is 2.26. The third-order valence-electron chi connectivity index (χ3n) is 2.42. The maximum absolute atomic E-state index is 12.0. The first-order valence-electron chi connectivity index (χ1n) is 6.27. The Bertz CT molecular complexity index is 345. The Morgan fingerprint density at radius 1 is 1.30 bits per heavy atom. The van der Waals surface area contributed by atoms with E-state index in [9.17, 15) is 14.4 Å². The van der Waals surface area contributed by atoms with Crippen molar-refractivity contribution in [1.29, 1.82) is 0 Å². The maximum Gasteiger partial charge on any atom is 0.328 e. The molecule has 116 valence electrons. The smallest absolute Gasteiger partial charge is 0.328 e. The third-order valence-corrected chi connectivity index (χ3v) is 2.42. The predicted molar refractivity (Wildman–Crippen MR) is 70.3 cm³/mol. The van der Waals surface area contributed by atoms with Gasteiger partial charge in [-0.1, -0.05) is 0 Å². The molecule has 0 saturated heterocycles. The summed E-state index contributed by atoms with van der Waals surface area (Å²) in [5.41, 5.74) is 0. The second-order valence-corrected chi connectivity index (χ2v) is 4.32. The van der Waals surface area contributed by atoms with Crippen LogP contribution in [0.5, 0.6) is 0 Å². The Labute approximate surface area is 118 Å². The Hall–Kier alpha value is -1.83. The topological polar surface area (TPSA) is 105 Å². The Morgan fingerprint density at radius 2 is 1.90 bits per heavy atom. The van der Waals surface area contributed by atoms with Gasteiger partial charge in [0, 0.05) is 13.2 Å². The fourth-order valence-corrected chi connectivity index (χ4v) is 1.41. The maximum atomic E-state index is 12.0. The molecule has 0 radical (unpaired) electrons. The molecule has 1 unspecified atom stereocenters. The van der Waals surface area contributed by atoms with Gasteiger partial charge in [0.2, 0.25) is 0 Å². The number of carboxylic acids is 1. The Kier molecular flexibility index (Phi) is 8.30. The van der Waals surface area contributed by atoms with Gasteiger partial charge in [-0.15, -0.1) is 0 Å². The summed E-state index contributed by atoms with van der Waals surface area (Å²) in [6, 6.07) is -2.11. The van der Waals surface area contributed by atoms with Crippen LogP contribution in [0.3, 0.4) is 0 Å². The average molecular weight is 290 g/mol. The number of nitrogens with one attached hydrogen (secondary N) is 1. The average Bonchev–Trinajstić information content (AvgIpc) is 2.35. The molecule has 1 atom stereocenters. The number of esters is 1. The van der Waals surface area contributed by atoms with Gasteiger partial charge in [0.15, 0.2) is 6.04 Å². The van der Waals surface area contributed by atoms with Crippen molar-refractivity contribution in [3.63, 3.8) is 0 Å². The first-order chi connectivity index (χ1) is 9.33. The van der Waals surface area contributed by atoms with E-state index in [-0.39, 0.29) is 25.8 Å². The molecular weight excluding hydrogens is 268 g/mol. The lowest BCUT2D eigenvalue weighted by Crippen LogP contribution is -2.53. The van der Waals surface area contributed by atoms with E-state index in [1.165, 1.54) is 12.0 Å². The van der Waals surface area contributed by atoms with Gasteiger partial charge in [0.25, 0.3) is 0 Å². The number of hydrogen-bond acceptors (Lipinski definition) is 5. The number of urea groups is 1. The number of aliphatic carboxylic acids is 1. The lowest BCUT2D eigenvalue weighted by molar-refractivity contribution is -0.144. The van der Waals surface area contributed by atoms with Crippen LogP contribution in [-0.2, 0) is 19.1 Å². The number of ether oxygens (including phenoxy) is 2. The Morgan fingerprint density at radius 3 is 2.30 bits per heavy atom. The van der Waals surface area contributed by atoms with Gasteiger partial charge in [-0.05, 0) is 20.8 Å². The van der Waals surface area contributed by atoms with Crippen LogP contribution in [0.1, 0.15) is 20.8 Å². The lowest BCUT2D eigenvalue weighted by Gasteiger charge is -2.27. The van der Waals surface area contributed by atoms with Crippen molar-refractivity contribution in [2.45, 2.75) is 32.9 Å². The molecule has 0 aromatic heterocycles. The van der Waals surface area contributed by atoms with Crippen LogP contribution in [0.25, 0.3) is 0 Å². The van der Waals surface area contributed by atoms with Crippen molar-refractivity contribution in [3.8, 4) is 0 Å². The standard InChI is InChI=1S/C12H22N2O6/c1-5-20-10(15)6-14(8(2)3)12(18)13-9(7-19-4)11(16)17/h8-9H,5-7H2,1-4H3,(H,13,18)(H,16,17). The summed E-state index contributed by atoms with van der Waals surface area (Å²) >= 11 is 0. The van der Waals surface area contributed by atoms with Gasteiger partial charge >= 0.3 is 18.0 Å². The molecule has 8 heteroatoms. The molecule has 0 spiro atoms. The number of methoxy groups -OCH3 is 1. The van der Waals surface area contributed by atoms with Crippen molar-refractivity contribution < 1.29 is 29.0 Å². The number of carbonyl (C=O) groups is 3. The largest absolute Gasteiger partial charge is 0.480 e. The molecule has 20 heavy (non-hydrogen) atoms. The molecule has 0 fully saturated rings. The van der Waals surface area contributed by atoms with Gasteiger partial charge < -0.3 is 24.8 Å². The molecule has 0 rings (SSSR count). The molecular formula is C12H22N2O6. The van der Waals surface area contributed by atoms with E-state index >= 15 is 0 Å². The van der Waals surface area contributed by atoms with E-state index in [4.69, 9.17) is 14.6 Å². The molecule has 0 aliphatic heterocycles. The molecule has 0 aliphatic carbocycles. The SMILES string of the molecule is CCOC(=O)CN(C(=O)NC(COC)C(=O)O)C(C)C. The molecule has 0 aromatic carbocycles. The monoisotopic (exact) mass is 290 g/mol. The molecule has 2 amide bonds. The van der Waals surface area contributed by atoms with E-state index in [0.29, 0.717) is 0 Å². The van der Waals surface area contributed by atoms with E-state index in [0.717, 1.165) is 0 Å². The van der Waals surface area contributed by atoms with Crippen molar-refractivity contribution in [2.75, 3.05) is 26.9 Å². The van der Waals surface area contributed by atoms with Gasteiger partial charge in [0.05, 0.1) is 13.2 Å². The molecule has 0 aromatic rings. The van der Waals surface area contributed by atoms with E-state index in [1.807, 2.05) is 0 Å². The molecule has 0 aliphatic rings. The summed E-state index contributed by atoms with van der Waals surface area (Å²) in [5, 5.41) is 11.2. The predicted octanol–water partition coefficient (Wildman–Crippen LogP) is 0.0691. The van der Waals surface area contributed by atoms with Gasteiger partial charge in [0.1, 0.15) is 6.54 Å². The van der Waals surface area contributed by atoms with Crippen LogP contribution in [0.15, 0.2) is 0 Å². The van der Waals surface area contributed by atoms with Crippen molar-refractivity contribution in [2.24, 2.45) is 0 Å². The summed E-state index contributed by atoms with van der Waals surface area (Å²) in [7, 11) is 1.33. The first-order valence-corrected chi connectivity index (χ1v) is 6.27. The van der Waals surface area contributed by atoms with Crippen LogP contribution in [0.4, 0.5) is 4.79 Å². The second kappa shape index (κ2) is 9.13. The zero-order valence-corrected chi connectivity index (χ0v) is 12.2. The van der Waals surface area contributed by atoms with Gasteiger partial charge in [-0.3, -0.25) is 4.79 Å². The number of hydrogen-bond donors (Lipinski definition) is 2. The summed E-state index contributed by atoms with van der Waals surface area (Å²) in [4.78, 5) is 35.6. The minimum atomic E-state index is -1.21. The number of carbonyl (C=O) groups excluding carboxylic acids is 2. The quantitative estimate of drug-likeness (QED) is 0.613. The van der Waals surface area contributed by atoms with Crippen LogP contribution in [0.2, 0.25) is 0 Å². The van der Waals surface area contributed by atoms with Gasteiger partial charge in [-0.25, -0.2) is 9.59 Å². The molecule has 0 saturated carbocycles. The highest BCUT2D eigenvalue weighted by atomic mass is 16.5. The zero-order valence-electron chi connectivity index (χ0n) is 12.2. The minimum absolute atomic E-state index is 0.160. The minimum Gasteiger partial charge on any atom is -0.480 e. The number of nitrogens with zero attached hydrogens (tertiary/aromatic N) is 1. The molecule has 2 N–H and O–H groups in total. The van der Waals surface area contributed by atoms with Crippen molar-refractivity contribution in [1.82, 2.24) is 10.2 Å². The summed E-state index contributed by atoms with van der Waals surface area (Å²) in [6.07, 6.45) is 0. The zero-order chi connectivity index (χ0) is 15.7. The molecule has 0 heterocycles. The number of carboxylic acid groups (broad SMARTS) is 1. The highest BCUT2D eigenvalue weighted by Crippen LogP contribution is 2.01. The fourth-order valence-electron chi connectivity index (χ4n) is 1.41. The summed E-state index contributed by atoms with van der Waals surface area (Å²) in [6.45, 7) is 4.91. The normalized spacial score (nSPS) is 11.8. The van der Waals surface area contributed by atoms with Crippen molar-refractivity contribution >= 4 is 18.0 Å². The Balaban J connectivity index is 4.71. The van der Waals surface area contributed by atoms with Crippen LogP contribution in [0, 0.1) is 0 Å². The summed E-state index contributed by atoms with van der Waals surface area (Å²) in [5.74, 6) is -1.75. The second-order valence-electron chi connectivity index (χ2n) is 4.32. The van der Waals surface area contributed by atoms with Crippen LogP contribution >= 0.6 is 0 Å². The van der Waals surface area contributed by atoms with E-state index in [1.54, 1.807) is 20.8 Å². The van der Waals surface area contributed by atoms with Crippen LogP contribution in [-0.4, -0.2) is 66.9 Å².